The van der Waals surface area contributed by atoms with E-state index in [0.29, 0.717) is 25.1 Å². The lowest BCUT2D eigenvalue weighted by Gasteiger charge is -2.41. The summed E-state index contributed by atoms with van der Waals surface area (Å²) < 4.78 is 28.2. The Morgan fingerprint density at radius 2 is 1.83 bits per heavy atom. The molecular formula is C17H20F2N2O3. The van der Waals surface area contributed by atoms with Crippen LogP contribution < -0.4 is 5.32 Å². The van der Waals surface area contributed by atoms with Gasteiger partial charge in [0.15, 0.2) is 0 Å². The molecule has 0 bridgehead atoms. The zero-order valence-electron chi connectivity index (χ0n) is 13.2. The maximum atomic E-state index is 14.1. The second-order valence-corrected chi connectivity index (χ2v) is 6.49. The minimum Gasteiger partial charge on any atom is -0.383 e. The number of carbonyl (C=O) groups excluding carboxylic acids is 2. The number of rotatable bonds is 4. The topological polar surface area (TPSA) is 69.6 Å². The Kier molecular flexibility index (Phi) is 4.29. The Bertz CT molecular complexity index is 653. The number of alkyl halides is 2. The SMILES string of the molecule is O=C(c1cccc(NC(=O)C(F)(F)C2(O)CCC2)c1)N1CCCC1. The number of aliphatic hydroxyl groups is 1. The van der Waals surface area contributed by atoms with Crippen molar-refractivity contribution < 1.29 is 23.5 Å². The number of nitrogens with zero attached hydrogens (tertiary/aromatic N) is 1. The summed E-state index contributed by atoms with van der Waals surface area (Å²) in [4.78, 5) is 25.9. The van der Waals surface area contributed by atoms with Crippen LogP contribution in [-0.2, 0) is 4.79 Å². The van der Waals surface area contributed by atoms with E-state index in [2.05, 4.69) is 5.32 Å². The second kappa shape index (κ2) is 6.12. The summed E-state index contributed by atoms with van der Waals surface area (Å²) in [6, 6.07) is 5.96. The zero-order chi connectivity index (χ0) is 17.4. The Morgan fingerprint density at radius 3 is 2.42 bits per heavy atom. The number of carbonyl (C=O) groups is 2. The molecule has 1 aromatic carbocycles. The van der Waals surface area contributed by atoms with E-state index in [4.69, 9.17) is 0 Å². The van der Waals surface area contributed by atoms with E-state index in [9.17, 15) is 23.5 Å². The van der Waals surface area contributed by atoms with Gasteiger partial charge in [0.25, 0.3) is 11.8 Å². The molecule has 1 aromatic rings. The van der Waals surface area contributed by atoms with Crippen molar-refractivity contribution in [1.82, 2.24) is 4.90 Å². The summed E-state index contributed by atoms with van der Waals surface area (Å²) in [6.45, 7) is 1.36. The first-order valence-electron chi connectivity index (χ1n) is 8.14. The Balaban J connectivity index is 1.72. The van der Waals surface area contributed by atoms with Crippen LogP contribution in [0.3, 0.4) is 0 Å². The van der Waals surface area contributed by atoms with Gasteiger partial charge >= 0.3 is 5.92 Å². The van der Waals surface area contributed by atoms with E-state index in [-0.39, 0.29) is 24.4 Å². The molecule has 1 aliphatic carbocycles. The molecule has 0 aromatic heterocycles. The maximum absolute atomic E-state index is 14.1. The van der Waals surface area contributed by atoms with Gasteiger partial charge in [-0.1, -0.05) is 6.07 Å². The average molecular weight is 338 g/mol. The second-order valence-electron chi connectivity index (χ2n) is 6.49. The van der Waals surface area contributed by atoms with Crippen LogP contribution in [0.25, 0.3) is 0 Å². The van der Waals surface area contributed by atoms with Gasteiger partial charge in [0.05, 0.1) is 0 Å². The first-order chi connectivity index (χ1) is 11.3. The Morgan fingerprint density at radius 1 is 1.17 bits per heavy atom. The molecule has 2 fully saturated rings. The molecule has 3 rings (SSSR count). The van der Waals surface area contributed by atoms with Crippen molar-refractivity contribution >= 4 is 17.5 Å². The molecule has 130 valence electrons. The van der Waals surface area contributed by atoms with Crippen molar-refractivity contribution in [1.29, 1.82) is 0 Å². The number of nitrogens with one attached hydrogen (secondary N) is 1. The van der Waals surface area contributed by atoms with Crippen molar-refractivity contribution in [2.75, 3.05) is 18.4 Å². The van der Waals surface area contributed by atoms with E-state index in [1.54, 1.807) is 11.0 Å². The van der Waals surface area contributed by atoms with E-state index >= 15 is 0 Å². The monoisotopic (exact) mass is 338 g/mol. The molecule has 5 nitrogen and oxygen atoms in total. The van der Waals surface area contributed by atoms with Crippen LogP contribution in [0.5, 0.6) is 0 Å². The quantitative estimate of drug-likeness (QED) is 0.886. The van der Waals surface area contributed by atoms with Gasteiger partial charge in [-0.05, 0) is 50.3 Å². The molecule has 1 heterocycles. The molecule has 0 unspecified atom stereocenters. The minimum absolute atomic E-state index is 0.0963. The molecule has 1 aliphatic heterocycles. The summed E-state index contributed by atoms with van der Waals surface area (Å²) >= 11 is 0. The Labute approximate surface area is 138 Å². The third kappa shape index (κ3) is 2.88. The molecule has 1 saturated carbocycles. The van der Waals surface area contributed by atoms with Gasteiger partial charge in [0.1, 0.15) is 5.60 Å². The van der Waals surface area contributed by atoms with Crippen LogP contribution in [0, 0.1) is 0 Å². The molecule has 2 aliphatic rings. The molecule has 7 heteroatoms. The van der Waals surface area contributed by atoms with Gasteiger partial charge in [-0.25, -0.2) is 0 Å². The number of halogens is 2. The molecule has 2 N–H and O–H groups in total. The van der Waals surface area contributed by atoms with Gasteiger partial charge in [0.2, 0.25) is 0 Å². The zero-order valence-corrected chi connectivity index (χ0v) is 13.2. The number of hydrogen-bond acceptors (Lipinski definition) is 3. The highest BCUT2D eigenvalue weighted by molar-refractivity contribution is 5.99. The van der Waals surface area contributed by atoms with Crippen LogP contribution >= 0.6 is 0 Å². The fourth-order valence-corrected chi connectivity index (χ4v) is 3.08. The number of amides is 2. The third-order valence-corrected chi connectivity index (χ3v) is 4.81. The number of benzene rings is 1. The molecule has 2 amide bonds. The largest absolute Gasteiger partial charge is 0.383 e. The van der Waals surface area contributed by atoms with Crippen LogP contribution in [-0.4, -0.2) is 46.4 Å². The van der Waals surface area contributed by atoms with Crippen molar-refractivity contribution in [3.05, 3.63) is 29.8 Å². The fraction of sp³-hybridized carbons (Fsp3) is 0.529. The van der Waals surface area contributed by atoms with Crippen molar-refractivity contribution in [3.8, 4) is 0 Å². The molecule has 0 spiro atoms. The molecule has 24 heavy (non-hydrogen) atoms. The number of likely N-dealkylation sites (tertiary alicyclic amines) is 1. The van der Waals surface area contributed by atoms with Gasteiger partial charge < -0.3 is 15.3 Å². The van der Waals surface area contributed by atoms with Crippen LogP contribution in [0.1, 0.15) is 42.5 Å². The van der Waals surface area contributed by atoms with E-state index in [1.807, 2.05) is 0 Å². The summed E-state index contributed by atoms with van der Waals surface area (Å²) in [5, 5.41) is 11.9. The third-order valence-electron chi connectivity index (χ3n) is 4.81. The van der Waals surface area contributed by atoms with Crippen molar-refractivity contribution in [2.24, 2.45) is 0 Å². The van der Waals surface area contributed by atoms with Gasteiger partial charge in [-0.2, -0.15) is 8.78 Å². The summed E-state index contributed by atoms with van der Waals surface area (Å²) in [5.41, 5.74) is -1.80. The molecular weight excluding hydrogens is 318 g/mol. The summed E-state index contributed by atoms with van der Waals surface area (Å²) in [7, 11) is 0. The minimum atomic E-state index is -3.86. The van der Waals surface area contributed by atoms with E-state index in [0.717, 1.165) is 12.8 Å². The normalized spacial score (nSPS) is 19.7. The van der Waals surface area contributed by atoms with Crippen molar-refractivity contribution in [3.63, 3.8) is 0 Å². The van der Waals surface area contributed by atoms with E-state index < -0.39 is 17.4 Å². The fourth-order valence-electron chi connectivity index (χ4n) is 3.08. The lowest BCUT2D eigenvalue weighted by molar-refractivity contribution is -0.212. The van der Waals surface area contributed by atoms with Gasteiger partial charge in [-0.3, -0.25) is 9.59 Å². The van der Waals surface area contributed by atoms with Crippen LogP contribution in [0.15, 0.2) is 24.3 Å². The van der Waals surface area contributed by atoms with Crippen molar-refractivity contribution in [2.45, 2.75) is 43.6 Å². The highest BCUT2D eigenvalue weighted by Crippen LogP contribution is 2.44. The average Bonchev–Trinajstić information content (AvgIpc) is 3.06. The van der Waals surface area contributed by atoms with Gasteiger partial charge in [-0.15, -0.1) is 0 Å². The van der Waals surface area contributed by atoms with Gasteiger partial charge in [0, 0.05) is 24.3 Å². The predicted octanol–water partition coefficient (Wildman–Crippen LogP) is 2.41. The molecule has 0 atom stereocenters. The first-order valence-corrected chi connectivity index (χ1v) is 8.14. The first kappa shape index (κ1) is 16.8. The standard InChI is InChI=1S/C17H20F2N2O3/c18-17(19,16(24)7-4-8-16)15(23)20-13-6-3-5-12(11-13)14(22)21-9-1-2-10-21/h3,5-6,11,24H,1-2,4,7-10H2,(H,20,23). The van der Waals surface area contributed by atoms with Crippen LogP contribution in [0.4, 0.5) is 14.5 Å². The molecule has 1 saturated heterocycles. The smallest absolute Gasteiger partial charge is 0.352 e. The lowest BCUT2D eigenvalue weighted by Crippen LogP contribution is -2.59. The predicted molar refractivity (Wildman–Crippen MR) is 84.0 cm³/mol. The number of anilines is 1. The summed E-state index contributed by atoms with van der Waals surface area (Å²) in [6.07, 6.45) is 2.18. The highest BCUT2D eigenvalue weighted by atomic mass is 19.3. The summed E-state index contributed by atoms with van der Waals surface area (Å²) in [5.74, 6) is -5.58. The highest BCUT2D eigenvalue weighted by Gasteiger charge is 2.61. The maximum Gasteiger partial charge on any atom is 0.352 e. The van der Waals surface area contributed by atoms with Crippen LogP contribution in [0.2, 0.25) is 0 Å². The molecule has 0 radical (unpaired) electrons. The lowest BCUT2D eigenvalue weighted by atomic mass is 9.75. The number of hydrogen-bond donors (Lipinski definition) is 2. The van der Waals surface area contributed by atoms with E-state index in [1.165, 1.54) is 18.2 Å². The Hall–Kier alpha value is -2.02.